The van der Waals surface area contributed by atoms with Crippen molar-refractivity contribution in [2.45, 2.75) is 45.4 Å². The van der Waals surface area contributed by atoms with Crippen LogP contribution in [0.25, 0.3) is 0 Å². The van der Waals surface area contributed by atoms with Gasteiger partial charge in [0.2, 0.25) is 0 Å². The topological polar surface area (TPSA) is 75.0 Å². The highest BCUT2D eigenvalue weighted by atomic mass is 16.6. The van der Waals surface area contributed by atoms with Crippen LogP contribution in [-0.2, 0) is 9.47 Å². The summed E-state index contributed by atoms with van der Waals surface area (Å²) in [6, 6.07) is 6.21. The maximum absolute atomic E-state index is 12.4. The average Bonchev–Trinajstić information content (AvgIpc) is 2.65. The Labute approximate surface area is 166 Å². The monoisotopic (exact) mass is 387 g/mol. The number of morpholine rings is 1. The molecule has 1 aromatic carbocycles. The van der Waals surface area contributed by atoms with E-state index in [2.05, 4.69) is 11.0 Å². The molecule has 7 nitrogen and oxygen atoms in total. The largest absolute Gasteiger partial charge is 0.495 e. The molecule has 1 aromatic rings. The second kappa shape index (κ2) is 7.98. The van der Waals surface area contributed by atoms with Crippen molar-refractivity contribution in [3.05, 3.63) is 28.8 Å². The van der Waals surface area contributed by atoms with E-state index in [0.717, 1.165) is 24.2 Å². The third-order valence-electron chi connectivity index (χ3n) is 5.29. The van der Waals surface area contributed by atoms with Gasteiger partial charge in [0.15, 0.2) is 0 Å². The summed E-state index contributed by atoms with van der Waals surface area (Å²) in [7, 11) is 1.57. The van der Waals surface area contributed by atoms with E-state index >= 15 is 0 Å². The van der Waals surface area contributed by atoms with E-state index in [0.29, 0.717) is 31.0 Å². The molecule has 2 heterocycles. The summed E-state index contributed by atoms with van der Waals surface area (Å²) in [4.78, 5) is 16.5. The van der Waals surface area contributed by atoms with Crippen molar-refractivity contribution in [2.75, 3.05) is 39.9 Å². The lowest BCUT2D eigenvalue weighted by Crippen LogP contribution is -2.60. The number of carbonyl (C=O) groups is 1. The number of ether oxygens (including phenoxy) is 3. The predicted octanol–water partition coefficient (Wildman–Crippen LogP) is 2.87. The fourth-order valence-electron chi connectivity index (χ4n) is 3.83. The van der Waals surface area contributed by atoms with Crippen LogP contribution in [0, 0.1) is 18.3 Å². The zero-order valence-corrected chi connectivity index (χ0v) is 17.3. The van der Waals surface area contributed by atoms with Crippen LogP contribution in [-0.4, -0.2) is 67.4 Å². The van der Waals surface area contributed by atoms with E-state index in [-0.39, 0.29) is 18.2 Å². The summed E-state index contributed by atoms with van der Waals surface area (Å²) < 4.78 is 16.9. The molecule has 7 heteroatoms. The molecule has 28 heavy (non-hydrogen) atoms. The van der Waals surface area contributed by atoms with Gasteiger partial charge in [-0.3, -0.25) is 4.90 Å². The first kappa shape index (κ1) is 20.4. The summed E-state index contributed by atoms with van der Waals surface area (Å²) >= 11 is 0. The molecule has 1 amide bonds. The fourth-order valence-corrected chi connectivity index (χ4v) is 3.83. The minimum atomic E-state index is -0.493. The SMILES string of the molecule is COc1ccc(C2CN3CCN(C(=O)OC(C)(C)C)CC3CO2)c(C)c1C#N. The molecule has 2 aliphatic rings. The zero-order valence-electron chi connectivity index (χ0n) is 17.3. The smallest absolute Gasteiger partial charge is 0.410 e. The van der Waals surface area contributed by atoms with Gasteiger partial charge in [0.1, 0.15) is 17.4 Å². The molecule has 0 saturated carbocycles. The van der Waals surface area contributed by atoms with Crippen LogP contribution >= 0.6 is 0 Å². The van der Waals surface area contributed by atoms with Crippen LogP contribution in [0.4, 0.5) is 4.79 Å². The first-order valence-electron chi connectivity index (χ1n) is 9.64. The van der Waals surface area contributed by atoms with Crippen molar-refractivity contribution in [2.24, 2.45) is 0 Å². The van der Waals surface area contributed by atoms with Gasteiger partial charge in [0, 0.05) is 26.2 Å². The molecule has 2 saturated heterocycles. The number of nitriles is 1. The molecule has 0 spiro atoms. The Hall–Kier alpha value is -2.30. The highest BCUT2D eigenvalue weighted by molar-refractivity contribution is 5.68. The van der Waals surface area contributed by atoms with Crippen molar-refractivity contribution < 1.29 is 19.0 Å². The van der Waals surface area contributed by atoms with Gasteiger partial charge in [-0.2, -0.15) is 5.26 Å². The molecule has 0 aliphatic carbocycles. The van der Waals surface area contributed by atoms with E-state index in [4.69, 9.17) is 14.2 Å². The third-order valence-corrected chi connectivity index (χ3v) is 5.29. The highest BCUT2D eigenvalue weighted by Crippen LogP contribution is 2.33. The van der Waals surface area contributed by atoms with Crippen LogP contribution in [0.3, 0.4) is 0 Å². The van der Waals surface area contributed by atoms with E-state index < -0.39 is 5.60 Å². The van der Waals surface area contributed by atoms with E-state index in [1.807, 2.05) is 39.8 Å². The van der Waals surface area contributed by atoms with Gasteiger partial charge in [-0.25, -0.2) is 4.79 Å². The Kier molecular flexibility index (Phi) is 5.82. The molecule has 0 bridgehead atoms. The van der Waals surface area contributed by atoms with Crippen molar-refractivity contribution in [3.8, 4) is 11.8 Å². The summed E-state index contributed by atoms with van der Waals surface area (Å²) in [5, 5.41) is 9.47. The van der Waals surface area contributed by atoms with Crippen LogP contribution < -0.4 is 4.74 Å². The van der Waals surface area contributed by atoms with Crippen LogP contribution in [0.2, 0.25) is 0 Å². The number of methoxy groups -OCH3 is 1. The van der Waals surface area contributed by atoms with Gasteiger partial charge >= 0.3 is 6.09 Å². The maximum atomic E-state index is 12.4. The minimum absolute atomic E-state index is 0.0951. The minimum Gasteiger partial charge on any atom is -0.495 e. The molecule has 0 N–H and O–H groups in total. The molecule has 0 radical (unpaired) electrons. The molecule has 2 atom stereocenters. The second-order valence-corrected chi connectivity index (χ2v) is 8.37. The maximum Gasteiger partial charge on any atom is 0.410 e. The number of benzene rings is 1. The first-order valence-corrected chi connectivity index (χ1v) is 9.64. The molecule has 0 aromatic heterocycles. The predicted molar refractivity (Wildman–Crippen MR) is 104 cm³/mol. The molecule has 2 fully saturated rings. The normalized spacial score (nSPS) is 22.9. The third kappa shape index (κ3) is 4.23. The summed E-state index contributed by atoms with van der Waals surface area (Å²) in [6.45, 7) is 10.9. The molecule has 2 aliphatic heterocycles. The number of rotatable bonds is 2. The van der Waals surface area contributed by atoms with E-state index in [1.54, 1.807) is 12.0 Å². The average molecular weight is 387 g/mol. The Bertz CT molecular complexity index is 781. The Morgan fingerprint density at radius 2 is 2.04 bits per heavy atom. The van der Waals surface area contributed by atoms with Crippen molar-refractivity contribution in [1.29, 1.82) is 5.26 Å². The van der Waals surface area contributed by atoms with Gasteiger partial charge in [-0.15, -0.1) is 0 Å². The highest BCUT2D eigenvalue weighted by Gasteiger charge is 2.37. The Balaban J connectivity index is 1.68. The Morgan fingerprint density at radius 3 is 2.68 bits per heavy atom. The van der Waals surface area contributed by atoms with Crippen molar-refractivity contribution in [3.63, 3.8) is 0 Å². The lowest BCUT2D eigenvalue weighted by molar-refractivity contribution is -0.0908. The van der Waals surface area contributed by atoms with Crippen molar-refractivity contribution >= 4 is 6.09 Å². The standard InChI is InChI=1S/C21H29N3O4/c1-14-16(6-7-18(26-5)17(14)10-22)19-12-23-8-9-24(11-15(23)13-27-19)20(25)28-21(2,3)4/h6-7,15,19H,8-9,11-13H2,1-5H3. The first-order chi connectivity index (χ1) is 13.2. The number of fused-ring (bicyclic) bond motifs is 1. The fraction of sp³-hybridized carbons (Fsp3) is 0.619. The lowest BCUT2D eigenvalue weighted by atomic mass is 9.96. The zero-order chi connectivity index (χ0) is 20.5. The Morgan fingerprint density at radius 1 is 1.29 bits per heavy atom. The van der Waals surface area contributed by atoms with E-state index in [9.17, 15) is 10.1 Å². The van der Waals surface area contributed by atoms with Gasteiger partial charge < -0.3 is 19.1 Å². The lowest BCUT2D eigenvalue weighted by Gasteiger charge is -2.46. The summed E-state index contributed by atoms with van der Waals surface area (Å²) in [5.74, 6) is 0.586. The number of carbonyl (C=O) groups excluding carboxylic acids is 1. The van der Waals surface area contributed by atoms with E-state index in [1.165, 1.54) is 0 Å². The molecule has 152 valence electrons. The van der Waals surface area contributed by atoms with Crippen LogP contribution in [0.1, 0.15) is 43.6 Å². The number of hydrogen-bond acceptors (Lipinski definition) is 6. The number of hydrogen-bond donors (Lipinski definition) is 0. The van der Waals surface area contributed by atoms with Gasteiger partial charge in [0.25, 0.3) is 0 Å². The second-order valence-electron chi connectivity index (χ2n) is 8.37. The van der Waals surface area contributed by atoms with Gasteiger partial charge in [-0.05, 0) is 44.9 Å². The molecule has 3 rings (SSSR count). The molecule has 2 unspecified atom stereocenters. The van der Waals surface area contributed by atoms with Crippen LogP contribution in [0.15, 0.2) is 12.1 Å². The number of amides is 1. The van der Waals surface area contributed by atoms with Crippen LogP contribution in [0.5, 0.6) is 5.75 Å². The number of piperazine rings is 1. The number of nitrogens with zero attached hydrogens (tertiary/aromatic N) is 3. The summed E-state index contributed by atoms with van der Waals surface area (Å²) in [6.07, 6.45) is -0.360. The van der Waals surface area contributed by atoms with Gasteiger partial charge in [0.05, 0.1) is 31.4 Å². The van der Waals surface area contributed by atoms with Crippen molar-refractivity contribution in [1.82, 2.24) is 9.80 Å². The quantitative estimate of drug-likeness (QED) is 0.777. The van der Waals surface area contributed by atoms with Gasteiger partial charge in [-0.1, -0.05) is 6.07 Å². The summed E-state index contributed by atoms with van der Waals surface area (Å²) in [5.41, 5.74) is 1.98. The molecular formula is C21H29N3O4. The molecular weight excluding hydrogens is 358 g/mol.